The Hall–Kier alpha value is -1.64. The first kappa shape index (κ1) is 10.9. The molecule has 1 fully saturated rings. The molecular weight excluding hydrogens is 200 g/mol. The molecule has 84 valence electrons. The standard InChI is InChI=1S/C13H16N2O/c1-11-4-8-15(9-5-11)13(16)10-12-2-6-14-7-3-12/h2-3,6-7H,1,4-5,8-10H2. The van der Waals surface area contributed by atoms with Crippen molar-refractivity contribution in [3.63, 3.8) is 0 Å². The third-order valence-electron chi connectivity index (χ3n) is 2.93. The van der Waals surface area contributed by atoms with E-state index in [1.165, 1.54) is 5.57 Å². The molecule has 16 heavy (non-hydrogen) atoms. The van der Waals surface area contributed by atoms with Crippen molar-refractivity contribution in [2.75, 3.05) is 13.1 Å². The molecular formula is C13H16N2O. The average Bonchev–Trinajstić information content (AvgIpc) is 2.31. The number of rotatable bonds is 2. The molecule has 1 saturated heterocycles. The van der Waals surface area contributed by atoms with Crippen LogP contribution in [-0.4, -0.2) is 28.9 Å². The van der Waals surface area contributed by atoms with Gasteiger partial charge in [0.25, 0.3) is 0 Å². The minimum atomic E-state index is 0.207. The van der Waals surface area contributed by atoms with E-state index in [-0.39, 0.29) is 5.91 Å². The summed E-state index contributed by atoms with van der Waals surface area (Å²) in [5.41, 5.74) is 2.29. The Morgan fingerprint density at radius 1 is 1.31 bits per heavy atom. The maximum atomic E-state index is 12.0. The van der Waals surface area contributed by atoms with E-state index in [2.05, 4.69) is 11.6 Å². The number of piperidine rings is 1. The van der Waals surface area contributed by atoms with Gasteiger partial charge in [-0.2, -0.15) is 0 Å². The van der Waals surface area contributed by atoms with Gasteiger partial charge in [-0.1, -0.05) is 12.2 Å². The van der Waals surface area contributed by atoms with E-state index < -0.39 is 0 Å². The Bertz CT molecular complexity index is 376. The molecule has 1 amide bonds. The average molecular weight is 216 g/mol. The fraction of sp³-hybridized carbons (Fsp3) is 0.385. The minimum Gasteiger partial charge on any atom is -0.342 e. The van der Waals surface area contributed by atoms with Gasteiger partial charge in [0.1, 0.15) is 0 Å². The fourth-order valence-corrected chi connectivity index (χ4v) is 1.86. The first-order chi connectivity index (χ1) is 7.75. The summed E-state index contributed by atoms with van der Waals surface area (Å²) >= 11 is 0. The number of hydrogen-bond donors (Lipinski definition) is 0. The van der Waals surface area contributed by atoms with Crippen molar-refractivity contribution in [2.45, 2.75) is 19.3 Å². The lowest BCUT2D eigenvalue weighted by atomic mass is 10.1. The highest BCUT2D eigenvalue weighted by Crippen LogP contribution is 2.14. The molecule has 1 aromatic rings. The van der Waals surface area contributed by atoms with E-state index in [0.717, 1.165) is 31.5 Å². The zero-order chi connectivity index (χ0) is 11.4. The molecule has 0 bridgehead atoms. The lowest BCUT2D eigenvalue weighted by molar-refractivity contribution is -0.130. The Morgan fingerprint density at radius 2 is 1.94 bits per heavy atom. The smallest absolute Gasteiger partial charge is 0.227 e. The Balaban J connectivity index is 1.91. The molecule has 0 aliphatic carbocycles. The molecule has 0 spiro atoms. The fourth-order valence-electron chi connectivity index (χ4n) is 1.86. The molecule has 0 atom stereocenters. The molecule has 1 aliphatic rings. The van der Waals surface area contributed by atoms with E-state index >= 15 is 0 Å². The van der Waals surface area contributed by atoms with Crippen LogP contribution in [0.2, 0.25) is 0 Å². The largest absolute Gasteiger partial charge is 0.342 e. The lowest BCUT2D eigenvalue weighted by Gasteiger charge is -2.28. The third-order valence-corrected chi connectivity index (χ3v) is 2.93. The van der Waals surface area contributed by atoms with Crippen LogP contribution >= 0.6 is 0 Å². The lowest BCUT2D eigenvalue weighted by Crippen LogP contribution is -2.37. The summed E-state index contributed by atoms with van der Waals surface area (Å²) in [6, 6.07) is 3.78. The summed E-state index contributed by atoms with van der Waals surface area (Å²) in [7, 11) is 0. The molecule has 0 radical (unpaired) electrons. The predicted molar refractivity (Wildman–Crippen MR) is 62.9 cm³/mol. The van der Waals surface area contributed by atoms with Gasteiger partial charge in [-0.05, 0) is 30.5 Å². The van der Waals surface area contributed by atoms with Crippen molar-refractivity contribution in [3.8, 4) is 0 Å². The van der Waals surface area contributed by atoms with Crippen LogP contribution in [0.15, 0.2) is 36.7 Å². The van der Waals surface area contributed by atoms with Gasteiger partial charge in [-0.15, -0.1) is 0 Å². The summed E-state index contributed by atoms with van der Waals surface area (Å²) in [6.45, 7) is 5.59. The highest BCUT2D eigenvalue weighted by Gasteiger charge is 2.17. The molecule has 0 unspecified atom stereocenters. The summed E-state index contributed by atoms with van der Waals surface area (Å²) in [5, 5.41) is 0. The number of aromatic nitrogens is 1. The van der Waals surface area contributed by atoms with Crippen LogP contribution in [0.25, 0.3) is 0 Å². The number of carbonyl (C=O) groups is 1. The minimum absolute atomic E-state index is 0.207. The van der Waals surface area contributed by atoms with Crippen molar-refractivity contribution < 1.29 is 4.79 Å². The summed E-state index contributed by atoms with van der Waals surface area (Å²) in [5.74, 6) is 0.207. The van der Waals surface area contributed by atoms with Crippen molar-refractivity contribution in [2.24, 2.45) is 0 Å². The Kier molecular flexibility index (Phi) is 3.34. The second kappa shape index (κ2) is 4.92. The molecule has 0 saturated carbocycles. The zero-order valence-corrected chi connectivity index (χ0v) is 9.35. The van der Waals surface area contributed by atoms with Crippen LogP contribution in [-0.2, 0) is 11.2 Å². The van der Waals surface area contributed by atoms with Crippen molar-refractivity contribution in [3.05, 3.63) is 42.2 Å². The van der Waals surface area contributed by atoms with E-state index in [1.807, 2.05) is 17.0 Å². The molecule has 1 aliphatic heterocycles. The van der Waals surface area contributed by atoms with Gasteiger partial charge in [0.15, 0.2) is 0 Å². The summed E-state index contributed by atoms with van der Waals surface area (Å²) < 4.78 is 0. The summed E-state index contributed by atoms with van der Waals surface area (Å²) in [4.78, 5) is 17.8. The molecule has 2 heterocycles. The van der Waals surface area contributed by atoms with Crippen molar-refractivity contribution >= 4 is 5.91 Å². The molecule has 2 rings (SSSR count). The highest BCUT2D eigenvalue weighted by molar-refractivity contribution is 5.78. The van der Waals surface area contributed by atoms with Crippen LogP contribution < -0.4 is 0 Å². The maximum Gasteiger partial charge on any atom is 0.227 e. The number of carbonyl (C=O) groups excluding carboxylic acids is 1. The van der Waals surface area contributed by atoms with Crippen LogP contribution in [0.4, 0.5) is 0 Å². The van der Waals surface area contributed by atoms with Crippen molar-refractivity contribution in [1.82, 2.24) is 9.88 Å². The van der Waals surface area contributed by atoms with Crippen LogP contribution in [0.5, 0.6) is 0 Å². The Morgan fingerprint density at radius 3 is 2.56 bits per heavy atom. The third kappa shape index (κ3) is 2.69. The number of nitrogens with zero attached hydrogens (tertiary/aromatic N) is 2. The molecule has 3 heteroatoms. The molecule has 0 aromatic carbocycles. The SMILES string of the molecule is C=C1CCN(C(=O)Cc2ccncc2)CC1. The monoisotopic (exact) mass is 216 g/mol. The molecule has 3 nitrogen and oxygen atoms in total. The van der Waals surface area contributed by atoms with Crippen LogP contribution in [0, 0.1) is 0 Å². The van der Waals surface area contributed by atoms with Gasteiger partial charge in [-0.25, -0.2) is 0 Å². The van der Waals surface area contributed by atoms with E-state index in [1.54, 1.807) is 12.4 Å². The zero-order valence-electron chi connectivity index (χ0n) is 9.35. The number of likely N-dealkylation sites (tertiary alicyclic amines) is 1. The van der Waals surface area contributed by atoms with Gasteiger partial charge >= 0.3 is 0 Å². The van der Waals surface area contributed by atoms with Gasteiger partial charge in [-0.3, -0.25) is 9.78 Å². The van der Waals surface area contributed by atoms with Crippen LogP contribution in [0.3, 0.4) is 0 Å². The topological polar surface area (TPSA) is 33.2 Å². The second-order valence-corrected chi connectivity index (χ2v) is 4.16. The molecule has 0 N–H and O–H groups in total. The predicted octanol–water partition coefficient (Wildman–Crippen LogP) is 1.80. The Labute approximate surface area is 95.8 Å². The van der Waals surface area contributed by atoms with E-state index in [9.17, 15) is 4.79 Å². The number of amides is 1. The van der Waals surface area contributed by atoms with Crippen LogP contribution in [0.1, 0.15) is 18.4 Å². The van der Waals surface area contributed by atoms with Gasteiger partial charge in [0, 0.05) is 25.5 Å². The second-order valence-electron chi connectivity index (χ2n) is 4.16. The van der Waals surface area contributed by atoms with E-state index in [4.69, 9.17) is 0 Å². The van der Waals surface area contributed by atoms with Crippen molar-refractivity contribution in [1.29, 1.82) is 0 Å². The van der Waals surface area contributed by atoms with Gasteiger partial charge < -0.3 is 4.90 Å². The normalized spacial score (nSPS) is 16.2. The number of pyridine rings is 1. The highest BCUT2D eigenvalue weighted by atomic mass is 16.2. The first-order valence-electron chi connectivity index (χ1n) is 5.59. The summed E-state index contributed by atoms with van der Waals surface area (Å²) in [6.07, 6.45) is 5.82. The van der Waals surface area contributed by atoms with E-state index in [0.29, 0.717) is 6.42 Å². The van der Waals surface area contributed by atoms with Gasteiger partial charge in [0.2, 0.25) is 5.91 Å². The van der Waals surface area contributed by atoms with Gasteiger partial charge in [0.05, 0.1) is 6.42 Å². The molecule has 1 aromatic heterocycles. The quantitative estimate of drug-likeness (QED) is 0.706. The number of hydrogen-bond acceptors (Lipinski definition) is 2. The maximum absolute atomic E-state index is 12.0. The first-order valence-corrected chi connectivity index (χ1v) is 5.59.